The van der Waals surface area contributed by atoms with E-state index in [0.29, 0.717) is 54.3 Å². The summed E-state index contributed by atoms with van der Waals surface area (Å²) in [7, 11) is 2.29. The zero-order chi connectivity index (χ0) is 34.9. The summed E-state index contributed by atoms with van der Waals surface area (Å²) in [5.74, 6) is 0.120. The van der Waals surface area contributed by atoms with Gasteiger partial charge in [-0.15, -0.1) is 22.7 Å². The normalized spacial score (nSPS) is 25.8. The number of thiophene rings is 2. The monoisotopic (exact) mass is 720 g/mol. The molecule has 50 heavy (non-hydrogen) atoms. The lowest BCUT2D eigenvalue weighted by atomic mass is 9.94. The van der Waals surface area contributed by atoms with Gasteiger partial charge in [0, 0.05) is 32.4 Å². The van der Waals surface area contributed by atoms with Crippen molar-refractivity contribution in [2.75, 3.05) is 32.1 Å². The number of phenolic OH excluding ortho intramolecular Hbond substituents is 1. The van der Waals surface area contributed by atoms with Gasteiger partial charge in [-0.1, -0.05) is 30.3 Å². The average Bonchev–Trinajstić information content (AvgIpc) is 3.41. The van der Waals surface area contributed by atoms with E-state index in [2.05, 4.69) is 17.7 Å². The Morgan fingerprint density at radius 2 is 1.74 bits per heavy atom. The number of aliphatic hydroxyl groups is 2. The van der Waals surface area contributed by atoms with Gasteiger partial charge in [0.05, 0.1) is 41.7 Å². The van der Waals surface area contributed by atoms with Crippen LogP contribution in [-0.2, 0) is 31.2 Å². The number of epoxide rings is 1. The second kappa shape index (κ2) is 14.4. The predicted octanol–water partition coefficient (Wildman–Crippen LogP) is 4.28. The molecule has 4 aromatic rings. The number of aliphatic hydroxyl groups excluding tert-OH is 1. The fraction of sp³-hybridized carbons (Fsp3) is 0.405. The summed E-state index contributed by atoms with van der Waals surface area (Å²) in [6.45, 7) is 2.35. The zero-order valence-corrected chi connectivity index (χ0v) is 29.3. The number of rotatable bonds is 16. The first-order valence-electron chi connectivity index (χ1n) is 16.9. The van der Waals surface area contributed by atoms with Crippen LogP contribution in [0.2, 0.25) is 0 Å². The number of hydrogen-bond acceptors (Lipinski definition) is 11. The molecular weight excluding hydrogens is 679 g/mol. The number of piperidine rings is 1. The molecule has 3 aliphatic rings. The number of phenols is 1. The highest BCUT2D eigenvalue weighted by molar-refractivity contribution is 7.12. The summed E-state index contributed by atoms with van der Waals surface area (Å²) >= 11 is 2.70. The Bertz CT molecular complexity index is 1720. The predicted molar refractivity (Wildman–Crippen MR) is 189 cm³/mol. The number of ether oxygens (including phenoxy) is 3. The van der Waals surface area contributed by atoms with Crippen molar-refractivity contribution in [2.24, 2.45) is 0 Å². The summed E-state index contributed by atoms with van der Waals surface area (Å²) < 4.78 is 19.1. The van der Waals surface area contributed by atoms with Gasteiger partial charge in [-0.3, -0.25) is 4.79 Å². The highest BCUT2D eigenvalue weighted by Crippen LogP contribution is 2.53. The van der Waals surface area contributed by atoms with Gasteiger partial charge in [0.15, 0.2) is 0 Å². The highest BCUT2D eigenvalue weighted by atomic mass is 32.1. The van der Waals surface area contributed by atoms with Gasteiger partial charge >= 0.3 is 5.97 Å². The maximum absolute atomic E-state index is 13.6. The molecule has 0 aliphatic carbocycles. The van der Waals surface area contributed by atoms with Crippen molar-refractivity contribution in [3.8, 4) is 11.5 Å². The average molecular weight is 721 g/mol. The second-order valence-electron chi connectivity index (χ2n) is 13.5. The number of likely N-dealkylation sites (N-methyl/N-ethyl adjacent to an activating group) is 1. The molecular formula is C37H42N3O8S2+. The number of benzene rings is 2. The van der Waals surface area contributed by atoms with Crippen molar-refractivity contribution in [3.05, 3.63) is 98.4 Å². The summed E-state index contributed by atoms with van der Waals surface area (Å²) in [6.07, 6.45) is 2.03. The van der Waals surface area contributed by atoms with Gasteiger partial charge in [0.25, 0.3) is 0 Å². The van der Waals surface area contributed by atoms with Crippen molar-refractivity contribution in [3.63, 3.8) is 0 Å². The molecule has 3 saturated heterocycles. The Hall–Kier alpha value is -3.82. The Kier molecular flexibility index (Phi) is 9.99. The number of nitrogens with zero attached hydrogens (tertiary/aromatic N) is 1. The lowest BCUT2D eigenvalue weighted by Crippen LogP contribution is -2.63. The summed E-state index contributed by atoms with van der Waals surface area (Å²) in [5, 5.41) is 41.4. The number of hydrogen-bond donors (Lipinski definition) is 5. The van der Waals surface area contributed by atoms with Crippen LogP contribution in [0, 0.1) is 0 Å². The van der Waals surface area contributed by atoms with Crippen LogP contribution in [0.15, 0.2) is 77.5 Å². The van der Waals surface area contributed by atoms with Gasteiger partial charge in [-0.25, -0.2) is 4.79 Å². The van der Waals surface area contributed by atoms with Gasteiger partial charge in [-0.2, -0.15) is 0 Å². The van der Waals surface area contributed by atoms with E-state index in [1.807, 2.05) is 47.2 Å². The number of morpholine rings is 1. The highest BCUT2D eigenvalue weighted by Gasteiger charge is 2.72. The van der Waals surface area contributed by atoms with Crippen LogP contribution in [0.1, 0.15) is 46.2 Å². The molecule has 3 aliphatic heterocycles. The number of carbonyl (C=O) groups is 2. The van der Waals surface area contributed by atoms with Crippen molar-refractivity contribution in [1.82, 2.24) is 5.32 Å². The molecule has 5 N–H and O–H groups in total. The van der Waals surface area contributed by atoms with Gasteiger partial charge in [0.2, 0.25) is 12.0 Å². The van der Waals surface area contributed by atoms with Crippen LogP contribution in [0.4, 0.5) is 5.69 Å². The minimum atomic E-state index is -1.80. The number of nitrogens with one attached hydrogen (secondary N) is 2. The number of amides is 1. The Morgan fingerprint density at radius 1 is 1.06 bits per heavy atom. The Morgan fingerprint density at radius 3 is 2.36 bits per heavy atom. The first-order valence-corrected chi connectivity index (χ1v) is 18.6. The topological polar surface area (TPSA) is 150 Å². The van der Waals surface area contributed by atoms with Crippen LogP contribution in [-0.4, -0.2) is 89.3 Å². The number of carbonyl (C=O) groups excluding carboxylic acids is 2. The molecule has 5 atom stereocenters. The molecule has 264 valence electrons. The standard InChI is InChI=1S/C37H41N3O8S2/c1-40(13-4-14-46-25-10-7-23(8-11-25)20-38-21-31(43)24-9-12-30(42)27(17-24)39-22-41)28-18-26(19-29(40)35-34(28)48-35)47-36(44)37(45,32-5-2-15-49-32)33-6-3-16-50-33/h2-3,5-12,15-17,22,26,28-29,31,34-35,38,43,45H,4,13-14,18-21H2,1H3,(H-,39,41,42)/p+1/t26?,28?,29?,31-,34?,35?,40?/m0/s1. The molecule has 0 spiro atoms. The van der Waals surface area contributed by atoms with E-state index in [0.717, 1.165) is 28.8 Å². The number of aromatic hydroxyl groups is 1. The molecule has 13 heteroatoms. The smallest absolute Gasteiger partial charge is 0.349 e. The first-order chi connectivity index (χ1) is 24.2. The second-order valence-corrected chi connectivity index (χ2v) is 15.4. The molecule has 2 aromatic heterocycles. The molecule has 5 heterocycles. The van der Waals surface area contributed by atoms with Gasteiger partial charge in [0.1, 0.15) is 41.9 Å². The zero-order valence-electron chi connectivity index (χ0n) is 27.6. The van der Waals surface area contributed by atoms with Crippen LogP contribution >= 0.6 is 22.7 Å². The van der Waals surface area contributed by atoms with Crippen LogP contribution in [0.25, 0.3) is 0 Å². The fourth-order valence-electron chi connectivity index (χ4n) is 7.72. The van der Waals surface area contributed by atoms with E-state index in [1.165, 1.54) is 28.7 Å². The van der Waals surface area contributed by atoms with Crippen molar-refractivity contribution in [1.29, 1.82) is 0 Å². The maximum Gasteiger partial charge on any atom is 0.349 e. The van der Waals surface area contributed by atoms with E-state index >= 15 is 0 Å². The van der Waals surface area contributed by atoms with Crippen LogP contribution < -0.4 is 15.4 Å². The third kappa shape index (κ3) is 6.79. The molecule has 0 radical (unpaired) electrons. The fourth-order valence-corrected chi connectivity index (χ4v) is 9.44. The minimum Gasteiger partial charge on any atom is -0.506 e. The van der Waals surface area contributed by atoms with Crippen LogP contribution in [0.5, 0.6) is 11.5 Å². The number of anilines is 1. The van der Waals surface area contributed by atoms with Crippen LogP contribution in [0.3, 0.4) is 0 Å². The van der Waals surface area contributed by atoms with Gasteiger partial charge < -0.3 is 44.6 Å². The van der Waals surface area contributed by atoms with Crippen molar-refractivity contribution >= 4 is 40.7 Å². The van der Waals surface area contributed by atoms with Crippen molar-refractivity contribution < 1.29 is 43.6 Å². The Labute approximate surface area is 298 Å². The molecule has 1 amide bonds. The molecule has 0 saturated carbocycles. The Balaban J connectivity index is 0.868. The lowest BCUT2D eigenvalue weighted by molar-refractivity contribution is -0.956. The van der Waals surface area contributed by atoms with E-state index in [4.69, 9.17) is 14.2 Å². The first kappa shape index (κ1) is 34.6. The molecule has 4 unspecified atom stereocenters. The van der Waals surface area contributed by atoms with Gasteiger partial charge in [-0.05, 0) is 58.3 Å². The molecule has 11 nitrogen and oxygen atoms in total. The summed E-state index contributed by atoms with van der Waals surface area (Å²) in [4.78, 5) is 25.5. The summed E-state index contributed by atoms with van der Waals surface area (Å²) in [6, 6.07) is 20.2. The third-order valence-corrected chi connectivity index (χ3v) is 12.4. The van der Waals surface area contributed by atoms with Crippen molar-refractivity contribution in [2.45, 2.75) is 67.9 Å². The number of quaternary nitrogens is 1. The SMILES string of the molecule is C[N+]1(CCCOc2ccc(CNC[C@H](O)c3ccc(O)c(NC=O)c3)cc2)C2CC(OC(=O)C(O)(c3cccs3)c3cccs3)CC1C1OC12. The summed E-state index contributed by atoms with van der Waals surface area (Å²) in [5.41, 5.74) is 0.0671. The van der Waals surface area contributed by atoms with E-state index in [1.54, 1.807) is 24.3 Å². The van der Waals surface area contributed by atoms with E-state index in [9.17, 15) is 24.9 Å². The quantitative estimate of drug-likeness (QED) is 0.0286. The maximum atomic E-state index is 13.6. The minimum absolute atomic E-state index is 0.0623. The number of fused-ring (bicyclic) bond motifs is 5. The lowest BCUT2D eigenvalue weighted by Gasteiger charge is -2.48. The molecule has 2 bridgehead atoms. The largest absolute Gasteiger partial charge is 0.506 e. The third-order valence-electron chi connectivity index (χ3n) is 10.4. The van der Waals surface area contributed by atoms with E-state index < -0.39 is 17.7 Å². The van der Waals surface area contributed by atoms with E-state index in [-0.39, 0.29) is 41.8 Å². The molecule has 7 rings (SSSR count). The number of esters is 1. The molecule has 3 fully saturated rings. The molecule has 2 aromatic carbocycles.